The summed E-state index contributed by atoms with van der Waals surface area (Å²) in [5, 5.41) is 11.7. The van der Waals surface area contributed by atoms with Crippen LogP contribution in [0.3, 0.4) is 0 Å². The number of carbonyl (C=O) groups is 1. The minimum Gasteiger partial charge on any atom is -0.388 e. The molecule has 1 aliphatic heterocycles. The number of amides is 1. The van der Waals surface area contributed by atoms with Crippen molar-refractivity contribution in [3.63, 3.8) is 0 Å². The van der Waals surface area contributed by atoms with E-state index < -0.39 is 0 Å². The maximum Gasteiger partial charge on any atom is 0.227 e. The fourth-order valence-electron chi connectivity index (χ4n) is 2.12. The summed E-state index contributed by atoms with van der Waals surface area (Å²) in [5.74, 6) is 0.116. The molecular formula is C13H15N3O. The van der Waals surface area contributed by atoms with Crippen LogP contribution in [-0.4, -0.2) is 19.5 Å². The molecule has 0 aromatic heterocycles. The van der Waals surface area contributed by atoms with Crippen LogP contribution in [-0.2, 0) is 11.2 Å². The molecule has 0 aliphatic carbocycles. The summed E-state index contributed by atoms with van der Waals surface area (Å²) in [4.78, 5) is 13.5. The van der Waals surface area contributed by atoms with Gasteiger partial charge in [-0.25, -0.2) is 0 Å². The second-order valence-electron chi connectivity index (χ2n) is 4.05. The van der Waals surface area contributed by atoms with Crippen molar-refractivity contribution in [1.29, 1.82) is 5.26 Å². The monoisotopic (exact) mass is 229 g/mol. The number of hydrogen-bond acceptors (Lipinski definition) is 3. The predicted molar refractivity (Wildman–Crippen MR) is 66.9 cm³/mol. The molecule has 1 aromatic rings. The largest absolute Gasteiger partial charge is 0.388 e. The van der Waals surface area contributed by atoms with Crippen LogP contribution in [0.4, 0.5) is 11.4 Å². The molecular weight excluding hydrogens is 214 g/mol. The Morgan fingerprint density at radius 1 is 1.47 bits per heavy atom. The molecule has 0 radical (unpaired) electrons. The van der Waals surface area contributed by atoms with E-state index in [1.807, 2.05) is 19.2 Å². The van der Waals surface area contributed by atoms with E-state index in [2.05, 4.69) is 17.5 Å². The van der Waals surface area contributed by atoms with Gasteiger partial charge < -0.3 is 10.2 Å². The van der Waals surface area contributed by atoms with Crippen LogP contribution in [0.2, 0.25) is 0 Å². The second kappa shape index (κ2) is 4.88. The first-order valence-corrected chi connectivity index (χ1v) is 5.74. The minimum atomic E-state index is 0.116. The number of anilines is 2. The number of benzene rings is 1. The minimum absolute atomic E-state index is 0.116. The quantitative estimate of drug-likeness (QED) is 0.861. The molecule has 0 unspecified atom stereocenters. The van der Waals surface area contributed by atoms with E-state index in [-0.39, 0.29) is 5.91 Å². The van der Waals surface area contributed by atoms with E-state index in [9.17, 15) is 4.79 Å². The fourth-order valence-corrected chi connectivity index (χ4v) is 2.12. The van der Waals surface area contributed by atoms with Crippen molar-refractivity contribution >= 4 is 17.3 Å². The van der Waals surface area contributed by atoms with Crippen LogP contribution >= 0.6 is 0 Å². The lowest BCUT2D eigenvalue weighted by molar-refractivity contribution is -0.118. The van der Waals surface area contributed by atoms with Gasteiger partial charge in [0.2, 0.25) is 5.91 Å². The number of nitriles is 1. The summed E-state index contributed by atoms with van der Waals surface area (Å²) in [6.07, 6.45) is 1.69. The lowest BCUT2D eigenvalue weighted by Gasteiger charge is -2.29. The van der Waals surface area contributed by atoms with Gasteiger partial charge in [0.15, 0.2) is 0 Å². The highest BCUT2D eigenvalue weighted by Crippen LogP contribution is 2.30. The summed E-state index contributed by atoms with van der Waals surface area (Å²) in [7, 11) is 1.88. The summed E-state index contributed by atoms with van der Waals surface area (Å²) in [6.45, 7) is 0.487. The van der Waals surface area contributed by atoms with Gasteiger partial charge in [-0.2, -0.15) is 5.26 Å². The molecule has 17 heavy (non-hydrogen) atoms. The average molecular weight is 229 g/mol. The van der Waals surface area contributed by atoms with Gasteiger partial charge in [0.05, 0.1) is 12.5 Å². The Morgan fingerprint density at radius 3 is 3.00 bits per heavy atom. The maximum absolute atomic E-state index is 11.8. The third-order valence-corrected chi connectivity index (χ3v) is 3.02. The molecule has 0 saturated heterocycles. The van der Waals surface area contributed by atoms with Gasteiger partial charge in [-0.3, -0.25) is 4.79 Å². The van der Waals surface area contributed by atoms with Gasteiger partial charge in [-0.15, -0.1) is 0 Å². The van der Waals surface area contributed by atoms with Crippen molar-refractivity contribution in [1.82, 2.24) is 0 Å². The average Bonchev–Trinajstić information content (AvgIpc) is 2.37. The van der Waals surface area contributed by atoms with E-state index in [1.54, 1.807) is 4.90 Å². The van der Waals surface area contributed by atoms with Crippen molar-refractivity contribution in [2.75, 3.05) is 23.8 Å². The zero-order chi connectivity index (χ0) is 12.3. The molecule has 1 heterocycles. The number of fused-ring (bicyclic) bond motifs is 1. The van der Waals surface area contributed by atoms with E-state index in [4.69, 9.17) is 5.26 Å². The number of rotatable bonds is 3. The third-order valence-electron chi connectivity index (χ3n) is 3.02. The molecule has 0 bridgehead atoms. The Morgan fingerprint density at radius 2 is 2.29 bits per heavy atom. The number of nitrogens with zero attached hydrogens (tertiary/aromatic N) is 2. The van der Waals surface area contributed by atoms with Crippen molar-refractivity contribution in [3.05, 3.63) is 23.8 Å². The molecule has 1 aliphatic rings. The van der Waals surface area contributed by atoms with Gasteiger partial charge >= 0.3 is 0 Å². The van der Waals surface area contributed by atoms with E-state index in [0.717, 1.165) is 17.8 Å². The van der Waals surface area contributed by atoms with Crippen LogP contribution in [0, 0.1) is 11.3 Å². The lowest BCUT2D eigenvalue weighted by atomic mass is 10.00. The van der Waals surface area contributed by atoms with Crippen molar-refractivity contribution in [2.45, 2.75) is 19.3 Å². The van der Waals surface area contributed by atoms with Crippen LogP contribution in [0.15, 0.2) is 18.2 Å². The van der Waals surface area contributed by atoms with Crippen molar-refractivity contribution < 1.29 is 4.79 Å². The zero-order valence-corrected chi connectivity index (χ0v) is 9.86. The summed E-state index contributed by atoms with van der Waals surface area (Å²) >= 11 is 0. The third kappa shape index (κ3) is 2.23. The highest BCUT2D eigenvalue weighted by Gasteiger charge is 2.23. The lowest BCUT2D eigenvalue weighted by Crippen LogP contribution is -2.35. The van der Waals surface area contributed by atoms with Gasteiger partial charge in [0.25, 0.3) is 0 Å². The van der Waals surface area contributed by atoms with E-state index >= 15 is 0 Å². The molecule has 0 atom stereocenters. The summed E-state index contributed by atoms with van der Waals surface area (Å²) < 4.78 is 0. The highest BCUT2D eigenvalue weighted by atomic mass is 16.2. The number of carbonyl (C=O) groups excluding carboxylic acids is 1. The van der Waals surface area contributed by atoms with Gasteiger partial charge in [0.1, 0.15) is 0 Å². The first-order valence-electron chi connectivity index (χ1n) is 5.74. The molecule has 1 aromatic carbocycles. The Balaban J connectivity index is 2.32. The molecule has 88 valence electrons. The Bertz CT molecular complexity index is 476. The van der Waals surface area contributed by atoms with Crippen LogP contribution in [0.25, 0.3) is 0 Å². The molecule has 0 spiro atoms. The van der Waals surface area contributed by atoms with E-state index in [1.165, 1.54) is 5.56 Å². The van der Waals surface area contributed by atoms with Crippen LogP contribution in [0.1, 0.15) is 18.4 Å². The molecule has 4 heteroatoms. The van der Waals surface area contributed by atoms with E-state index in [0.29, 0.717) is 19.4 Å². The van der Waals surface area contributed by atoms with Gasteiger partial charge in [-0.05, 0) is 30.2 Å². The first kappa shape index (κ1) is 11.5. The fraction of sp³-hybridized carbons (Fsp3) is 0.385. The second-order valence-corrected chi connectivity index (χ2v) is 4.05. The summed E-state index contributed by atoms with van der Waals surface area (Å²) in [6, 6.07) is 8.06. The Labute approximate surface area is 101 Å². The molecule has 0 fully saturated rings. The number of aryl methyl sites for hydroxylation is 1. The molecule has 1 amide bonds. The number of nitrogens with one attached hydrogen (secondary N) is 1. The van der Waals surface area contributed by atoms with Crippen LogP contribution in [0.5, 0.6) is 0 Å². The Kier molecular flexibility index (Phi) is 3.29. The number of hydrogen-bond donors (Lipinski definition) is 1. The van der Waals surface area contributed by atoms with Gasteiger partial charge in [0, 0.05) is 31.4 Å². The predicted octanol–water partition coefficient (Wildman–Crippen LogP) is 1.92. The van der Waals surface area contributed by atoms with Crippen molar-refractivity contribution in [3.8, 4) is 6.07 Å². The smallest absolute Gasteiger partial charge is 0.227 e. The molecule has 1 N–H and O–H groups in total. The first-order chi connectivity index (χ1) is 8.26. The van der Waals surface area contributed by atoms with Crippen molar-refractivity contribution in [2.24, 2.45) is 0 Å². The van der Waals surface area contributed by atoms with Crippen LogP contribution < -0.4 is 10.2 Å². The topological polar surface area (TPSA) is 56.1 Å². The maximum atomic E-state index is 11.8. The standard InChI is InChI=1S/C13H15N3O/c1-15-11-4-5-12-10(9-11)3-6-13(17)16(12)8-2-7-14/h4-5,9,15H,2-3,6,8H2,1H3. The highest BCUT2D eigenvalue weighted by molar-refractivity contribution is 5.96. The zero-order valence-electron chi connectivity index (χ0n) is 9.86. The molecule has 0 saturated carbocycles. The molecule has 2 rings (SSSR count). The molecule has 4 nitrogen and oxygen atoms in total. The SMILES string of the molecule is CNc1ccc2c(c1)CCC(=O)N2CCC#N. The normalized spacial score (nSPS) is 14.1. The Hall–Kier alpha value is -2.02. The van der Waals surface area contributed by atoms with Gasteiger partial charge in [-0.1, -0.05) is 0 Å². The summed E-state index contributed by atoms with van der Waals surface area (Å²) in [5.41, 5.74) is 3.18.